The van der Waals surface area contributed by atoms with Gasteiger partial charge in [0.15, 0.2) is 0 Å². The van der Waals surface area contributed by atoms with E-state index in [0.717, 1.165) is 51.1 Å². The van der Waals surface area contributed by atoms with E-state index in [4.69, 9.17) is 0 Å². The van der Waals surface area contributed by atoms with Crippen LogP contribution >= 0.6 is 0 Å². The minimum atomic E-state index is 0.475. The van der Waals surface area contributed by atoms with Gasteiger partial charge in [-0.15, -0.1) is 0 Å². The second-order valence-electron chi connectivity index (χ2n) is 7.19. The van der Waals surface area contributed by atoms with Gasteiger partial charge in [-0.2, -0.15) is 5.10 Å². The molecular weight excluding hydrogens is 332 g/mol. The number of hydrazone groups is 1. The third kappa shape index (κ3) is 5.83. The van der Waals surface area contributed by atoms with Crippen molar-refractivity contribution in [1.82, 2.24) is 10.3 Å². The number of likely N-dealkylation sites (tertiary alicyclic amines) is 1. The molecule has 0 bridgehead atoms. The Kier molecular flexibility index (Phi) is 7.28. The van der Waals surface area contributed by atoms with Crippen LogP contribution in [0.5, 0.6) is 0 Å². The maximum Gasteiger partial charge on any atom is 0.0540 e. The number of piperidine rings is 1. The van der Waals surface area contributed by atoms with Crippen LogP contribution in [0.25, 0.3) is 0 Å². The topological polar surface area (TPSA) is 30.9 Å². The van der Waals surface area contributed by atoms with E-state index >= 15 is 0 Å². The molecule has 2 aromatic carbocycles. The monoisotopic (exact) mass is 364 g/mol. The third-order valence-corrected chi connectivity index (χ3v) is 5.33. The molecule has 0 aromatic heterocycles. The van der Waals surface area contributed by atoms with Gasteiger partial charge in [-0.3, -0.25) is 4.90 Å². The average molecular weight is 365 g/mol. The van der Waals surface area contributed by atoms with Crippen molar-refractivity contribution in [1.29, 1.82) is 0 Å². The molecule has 0 saturated carbocycles. The number of rotatable bonds is 8. The lowest BCUT2D eigenvalue weighted by molar-refractivity contribution is 0.192. The number of hydrogen-bond acceptors (Lipinski definition) is 4. The molecule has 0 aliphatic carbocycles. The van der Waals surface area contributed by atoms with Gasteiger partial charge in [-0.1, -0.05) is 42.5 Å². The summed E-state index contributed by atoms with van der Waals surface area (Å²) in [5, 5.41) is 4.48. The normalized spacial score (nSPS) is 15.9. The summed E-state index contributed by atoms with van der Waals surface area (Å²) in [4.78, 5) is 4.88. The Labute approximate surface area is 163 Å². The maximum atomic E-state index is 4.48. The summed E-state index contributed by atoms with van der Waals surface area (Å²) in [6.07, 6.45) is 4.22. The molecule has 144 valence electrons. The van der Waals surface area contributed by atoms with E-state index in [1.807, 2.05) is 6.21 Å². The van der Waals surface area contributed by atoms with E-state index < -0.39 is 0 Å². The van der Waals surface area contributed by atoms with E-state index in [2.05, 4.69) is 88.8 Å². The third-order valence-electron chi connectivity index (χ3n) is 5.33. The van der Waals surface area contributed by atoms with Crippen LogP contribution < -0.4 is 10.3 Å². The maximum absolute atomic E-state index is 4.48. The van der Waals surface area contributed by atoms with Gasteiger partial charge in [0, 0.05) is 44.5 Å². The van der Waals surface area contributed by atoms with Gasteiger partial charge >= 0.3 is 0 Å². The van der Waals surface area contributed by atoms with Crippen molar-refractivity contribution < 1.29 is 0 Å². The summed E-state index contributed by atoms with van der Waals surface area (Å²) in [7, 11) is 0. The van der Waals surface area contributed by atoms with Crippen LogP contribution in [0.4, 0.5) is 5.69 Å². The predicted octanol–water partition coefficient (Wildman–Crippen LogP) is 4.12. The first-order valence-corrected chi connectivity index (χ1v) is 10.2. The summed E-state index contributed by atoms with van der Waals surface area (Å²) in [5.74, 6) is 0. The molecule has 4 nitrogen and oxygen atoms in total. The molecular formula is C23H32N4. The van der Waals surface area contributed by atoms with Gasteiger partial charge in [-0.25, -0.2) is 0 Å². The van der Waals surface area contributed by atoms with Gasteiger partial charge in [0.25, 0.3) is 0 Å². The molecule has 0 radical (unpaired) electrons. The van der Waals surface area contributed by atoms with Crippen LogP contribution in [-0.4, -0.2) is 43.3 Å². The van der Waals surface area contributed by atoms with Crippen molar-refractivity contribution in [2.75, 3.05) is 31.1 Å². The van der Waals surface area contributed by atoms with Crippen molar-refractivity contribution in [3.8, 4) is 0 Å². The summed E-state index contributed by atoms with van der Waals surface area (Å²) < 4.78 is 0. The number of benzene rings is 2. The Morgan fingerprint density at radius 3 is 2.30 bits per heavy atom. The van der Waals surface area contributed by atoms with Crippen molar-refractivity contribution in [2.24, 2.45) is 5.10 Å². The zero-order chi connectivity index (χ0) is 18.9. The largest absolute Gasteiger partial charge is 0.372 e. The quantitative estimate of drug-likeness (QED) is 0.565. The van der Waals surface area contributed by atoms with Gasteiger partial charge in [0.2, 0.25) is 0 Å². The molecule has 1 aliphatic heterocycles. The summed E-state index contributed by atoms with van der Waals surface area (Å²) in [6.45, 7) is 9.75. The molecule has 0 spiro atoms. The van der Waals surface area contributed by atoms with Crippen LogP contribution in [0.2, 0.25) is 0 Å². The molecule has 2 aromatic rings. The molecule has 1 heterocycles. The van der Waals surface area contributed by atoms with Gasteiger partial charge in [-0.05, 0) is 49.9 Å². The van der Waals surface area contributed by atoms with E-state index in [0.29, 0.717) is 6.04 Å². The molecule has 0 atom stereocenters. The Hall–Kier alpha value is -2.33. The lowest BCUT2D eigenvalue weighted by Crippen LogP contribution is -2.40. The second kappa shape index (κ2) is 10.1. The summed E-state index contributed by atoms with van der Waals surface area (Å²) >= 11 is 0. The van der Waals surface area contributed by atoms with E-state index in [1.165, 1.54) is 11.3 Å². The SMILES string of the molecule is CCN(CC)c1ccc(/C=N/NC2CCN(Cc3ccccc3)CC2)cc1. The minimum absolute atomic E-state index is 0.475. The molecule has 1 fully saturated rings. The zero-order valence-corrected chi connectivity index (χ0v) is 16.6. The minimum Gasteiger partial charge on any atom is -0.372 e. The van der Waals surface area contributed by atoms with E-state index in [1.54, 1.807) is 0 Å². The highest BCUT2D eigenvalue weighted by Gasteiger charge is 2.18. The Bertz CT molecular complexity index is 684. The summed E-state index contributed by atoms with van der Waals surface area (Å²) in [5.41, 5.74) is 7.16. The molecule has 0 amide bonds. The molecule has 4 heteroatoms. The smallest absolute Gasteiger partial charge is 0.0540 e. The van der Waals surface area contributed by atoms with E-state index in [9.17, 15) is 0 Å². The molecule has 1 aliphatic rings. The van der Waals surface area contributed by atoms with E-state index in [-0.39, 0.29) is 0 Å². The zero-order valence-electron chi connectivity index (χ0n) is 16.6. The number of nitrogens with one attached hydrogen (secondary N) is 1. The van der Waals surface area contributed by atoms with Crippen molar-refractivity contribution in [2.45, 2.75) is 39.3 Å². The standard InChI is InChI=1S/C23H32N4/c1-3-27(4-2)23-12-10-20(11-13-23)18-24-25-22-14-16-26(17-15-22)19-21-8-6-5-7-9-21/h5-13,18,22,25H,3-4,14-17,19H2,1-2H3/b24-18+. The van der Waals surface area contributed by atoms with Crippen LogP contribution in [0.15, 0.2) is 59.7 Å². The Morgan fingerprint density at radius 2 is 1.67 bits per heavy atom. The van der Waals surface area contributed by atoms with Crippen LogP contribution in [0.1, 0.15) is 37.8 Å². The fourth-order valence-electron chi connectivity index (χ4n) is 3.64. The molecule has 27 heavy (non-hydrogen) atoms. The molecule has 0 unspecified atom stereocenters. The number of anilines is 1. The summed E-state index contributed by atoms with van der Waals surface area (Å²) in [6, 6.07) is 19.8. The van der Waals surface area contributed by atoms with Gasteiger partial charge < -0.3 is 10.3 Å². The highest BCUT2D eigenvalue weighted by molar-refractivity contribution is 5.80. The first kappa shape index (κ1) is 19.4. The second-order valence-corrected chi connectivity index (χ2v) is 7.19. The number of hydrogen-bond donors (Lipinski definition) is 1. The fourth-order valence-corrected chi connectivity index (χ4v) is 3.64. The van der Waals surface area contributed by atoms with Gasteiger partial charge in [0.1, 0.15) is 0 Å². The molecule has 3 rings (SSSR count). The van der Waals surface area contributed by atoms with Crippen LogP contribution in [-0.2, 0) is 6.54 Å². The van der Waals surface area contributed by atoms with Crippen molar-refractivity contribution in [3.63, 3.8) is 0 Å². The molecule has 1 N–H and O–H groups in total. The fraction of sp³-hybridized carbons (Fsp3) is 0.435. The van der Waals surface area contributed by atoms with Crippen LogP contribution in [0, 0.1) is 0 Å². The van der Waals surface area contributed by atoms with Crippen molar-refractivity contribution in [3.05, 3.63) is 65.7 Å². The highest BCUT2D eigenvalue weighted by Crippen LogP contribution is 2.15. The Balaban J connectivity index is 1.42. The first-order chi connectivity index (χ1) is 13.3. The predicted molar refractivity (Wildman–Crippen MR) is 115 cm³/mol. The van der Waals surface area contributed by atoms with Gasteiger partial charge in [0.05, 0.1) is 6.21 Å². The average Bonchev–Trinajstić information content (AvgIpc) is 2.72. The molecule has 1 saturated heterocycles. The lowest BCUT2D eigenvalue weighted by atomic mass is 10.1. The highest BCUT2D eigenvalue weighted by atomic mass is 15.3. The van der Waals surface area contributed by atoms with Crippen molar-refractivity contribution >= 4 is 11.9 Å². The first-order valence-electron chi connectivity index (χ1n) is 10.2. The number of nitrogens with zero attached hydrogens (tertiary/aromatic N) is 3. The Morgan fingerprint density at radius 1 is 1.00 bits per heavy atom. The lowest BCUT2D eigenvalue weighted by Gasteiger charge is -2.31. The van der Waals surface area contributed by atoms with Crippen LogP contribution in [0.3, 0.4) is 0 Å².